The molecule has 0 saturated carbocycles. The van der Waals surface area contributed by atoms with E-state index in [0.29, 0.717) is 0 Å². The summed E-state index contributed by atoms with van der Waals surface area (Å²) in [5.41, 5.74) is 0. The van der Waals surface area contributed by atoms with Crippen LogP contribution in [0.1, 0.15) is 0 Å². The zero-order chi connectivity index (χ0) is 4.41. The van der Waals surface area contributed by atoms with Crippen molar-refractivity contribution in [3.05, 3.63) is 12.3 Å². The van der Waals surface area contributed by atoms with Gasteiger partial charge in [-0.25, -0.2) is 0 Å². The molecule has 0 aromatic carbocycles. The number of hydrogen-bond donors (Lipinski definition) is 0. The molecule has 0 aromatic heterocycles. The van der Waals surface area contributed by atoms with Crippen LogP contribution in [0.3, 0.4) is 0 Å². The zero-order valence-corrected chi connectivity index (χ0v) is 4.67. The van der Waals surface area contributed by atoms with E-state index in [0.717, 1.165) is 4.54 Å². The molecule has 1 aliphatic rings. The minimum absolute atomic E-state index is 0.856. The van der Waals surface area contributed by atoms with Crippen molar-refractivity contribution in [1.82, 2.24) is 0 Å². The van der Waals surface area contributed by atoms with Crippen molar-refractivity contribution in [3.8, 4) is 0 Å². The van der Waals surface area contributed by atoms with Gasteiger partial charge in [0.05, 0.1) is 0 Å². The van der Waals surface area contributed by atoms with Crippen LogP contribution < -0.4 is 0 Å². The van der Waals surface area contributed by atoms with Gasteiger partial charge in [-0.15, -0.1) is 0 Å². The van der Waals surface area contributed by atoms with E-state index < -0.39 is 0 Å². The van der Waals surface area contributed by atoms with Crippen LogP contribution in [0.15, 0.2) is 22.5 Å². The summed E-state index contributed by atoms with van der Waals surface area (Å²) >= 11 is 2.71. The van der Waals surface area contributed by atoms with Crippen molar-refractivity contribution in [1.29, 1.82) is 0 Å². The summed E-state index contributed by atoms with van der Waals surface area (Å²) in [5, 5.41) is 7.15. The Labute approximate surface area is 43.3 Å². The molecule has 0 N–H and O–H groups in total. The predicted molar refractivity (Wildman–Crippen MR) is 24.8 cm³/mol. The van der Waals surface area contributed by atoms with E-state index in [1.165, 1.54) is 0 Å². The molecule has 6 heavy (non-hydrogen) atoms. The molecule has 30 valence electrons. The molecule has 0 bridgehead atoms. The SMILES string of the molecule is [Se]=C1C=CN=N1. The monoisotopic (exact) mass is 146 g/mol. The fourth-order valence-electron chi connectivity index (χ4n) is 0.221. The van der Waals surface area contributed by atoms with E-state index in [1.807, 2.05) is 0 Å². The molecule has 0 spiro atoms. The Bertz CT molecular complexity index is 111. The van der Waals surface area contributed by atoms with Crippen molar-refractivity contribution < 1.29 is 0 Å². The minimum atomic E-state index is 0.856. The summed E-state index contributed by atoms with van der Waals surface area (Å²) in [5.74, 6) is 0. The third-order valence-corrected chi connectivity index (χ3v) is 0.897. The van der Waals surface area contributed by atoms with Crippen molar-refractivity contribution in [2.45, 2.75) is 0 Å². The summed E-state index contributed by atoms with van der Waals surface area (Å²) in [6, 6.07) is 0. The maximum atomic E-state index is 3.61. The number of hydrogen-bond acceptors (Lipinski definition) is 2. The first kappa shape index (κ1) is 3.90. The Morgan fingerprint density at radius 3 is 2.67 bits per heavy atom. The van der Waals surface area contributed by atoms with E-state index in [-0.39, 0.29) is 0 Å². The van der Waals surface area contributed by atoms with E-state index in [1.54, 1.807) is 12.3 Å². The van der Waals surface area contributed by atoms with Crippen LogP contribution in [0.5, 0.6) is 0 Å². The van der Waals surface area contributed by atoms with Gasteiger partial charge >= 0.3 is 42.6 Å². The van der Waals surface area contributed by atoms with Crippen LogP contribution in [0.2, 0.25) is 0 Å². The number of rotatable bonds is 0. The van der Waals surface area contributed by atoms with Gasteiger partial charge in [0.2, 0.25) is 0 Å². The molecule has 2 nitrogen and oxygen atoms in total. The average molecular weight is 145 g/mol. The number of nitrogens with zero attached hydrogens (tertiary/aromatic N) is 2. The van der Waals surface area contributed by atoms with E-state index in [9.17, 15) is 0 Å². The van der Waals surface area contributed by atoms with Gasteiger partial charge < -0.3 is 0 Å². The first-order valence-corrected chi connectivity index (χ1v) is 2.36. The summed E-state index contributed by atoms with van der Waals surface area (Å²) in [6.07, 6.45) is 3.45. The second-order valence-corrected chi connectivity index (χ2v) is 1.75. The molecule has 1 heterocycles. The van der Waals surface area contributed by atoms with Crippen LogP contribution in [-0.2, 0) is 0 Å². The molecule has 0 atom stereocenters. The molecule has 1 rings (SSSR count). The van der Waals surface area contributed by atoms with Gasteiger partial charge in [-0.3, -0.25) is 0 Å². The van der Waals surface area contributed by atoms with Gasteiger partial charge in [0.1, 0.15) is 0 Å². The van der Waals surface area contributed by atoms with Crippen LogP contribution in [0.4, 0.5) is 0 Å². The van der Waals surface area contributed by atoms with Crippen molar-refractivity contribution in [3.63, 3.8) is 0 Å². The summed E-state index contributed by atoms with van der Waals surface area (Å²) < 4.78 is 0.856. The molecular formula is C3H2N2Se. The quantitative estimate of drug-likeness (QED) is 0.437. The van der Waals surface area contributed by atoms with Gasteiger partial charge in [-0.2, -0.15) is 0 Å². The first-order chi connectivity index (χ1) is 2.89. The molecule has 0 amide bonds. The van der Waals surface area contributed by atoms with Crippen LogP contribution >= 0.6 is 0 Å². The second kappa shape index (κ2) is 1.45. The second-order valence-electron chi connectivity index (χ2n) is 0.869. The molecule has 0 unspecified atom stereocenters. The third-order valence-electron chi connectivity index (χ3n) is 0.440. The molecule has 0 aliphatic carbocycles. The molecule has 0 saturated heterocycles. The third kappa shape index (κ3) is 0.614. The Morgan fingerprint density at radius 1 is 1.67 bits per heavy atom. The Hall–Kier alpha value is -0.271. The van der Waals surface area contributed by atoms with Crippen LogP contribution in [0.25, 0.3) is 0 Å². The fraction of sp³-hybridized carbons (Fsp3) is 0. The topological polar surface area (TPSA) is 24.7 Å². The molecule has 1 aliphatic heterocycles. The number of azo groups is 1. The van der Waals surface area contributed by atoms with Gasteiger partial charge in [0, 0.05) is 0 Å². The Balaban J connectivity index is 2.86. The van der Waals surface area contributed by atoms with Gasteiger partial charge in [-0.05, 0) is 0 Å². The predicted octanol–water partition coefficient (Wildman–Crippen LogP) is 0.264. The summed E-state index contributed by atoms with van der Waals surface area (Å²) in [4.78, 5) is 0. The Morgan fingerprint density at radius 2 is 2.50 bits per heavy atom. The molecule has 0 aromatic rings. The van der Waals surface area contributed by atoms with Gasteiger partial charge in [0.25, 0.3) is 0 Å². The molecule has 0 fully saturated rings. The maximum absolute atomic E-state index is 3.61. The van der Waals surface area contributed by atoms with Crippen LogP contribution in [0, 0.1) is 0 Å². The van der Waals surface area contributed by atoms with Crippen molar-refractivity contribution in [2.75, 3.05) is 0 Å². The van der Waals surface area contributed by atoms with Crippen molar-refractivity contribution in [2.24, 2.45) is 10.2 Å². The molecule has 0 radical (unpaired) electrons. The molecule has 3 heteroatoms. The van der Waals surface area contributed by atoms with Crippen molar-refractivity contribution >= 4 is 20.1 Å². The average Bonchev–Trinajstić information content (AvgIpc) is 1.86. The summed E-state index contributed by atoms with van der Waals surface area (Å²) in [7, 11) is 0. The summed E-state index contributed by atoms with van der Waals surface area (Å²) in [6.45, 7) is 0. The Kier molecular flexibility index (Phi) is 0.945. The normalized spacial score (nSPS) is 17.0. The van der Waals surface area contributed by atoms with E-state index in [4.69, 9.17) is 0 Å². The zero-order valence-electron chi connectivity index (χ0n) is 2.96. The van der Waals surface area contributed by atoms with Gasteiger partial charge in [0.15, 0.2) is 0 Å². The van der Waals surface area contributed by atoms with E-state index >= 15 is 0 Å². The van der Waals surface area contributed by atoms with E-state index in [2.05, 4.69) is 25.8 Å². The molecular weight excluding hydrogens is 143 g/mol. The first-order valence-electron chi connectivity index (χ1n) is 1.51. The standard InChI is InChI=1S/C3H2N2Se/c6-3-1-2-4-5-3/h1-2H. The van der Waals surface area contributed by atoms with Crippen LogP contribution in [-0.4, -0.2) is 20.1 Å². The fourth-order valence-corrected chi connectivity index (χ4v) is 0.447. The van der Waals surface area contributed by atoms with Gasteiger partial charge in [-0.1, -0.05) is 0 Å².